The minimum Gasteiger partial charge on any atom is -0.457 e. The highest BCUT2D eigenvalue weighted by Crippen LogP contribution is 2.39. The lowest BCUT2D eigenvalue weighted by Gasteiger charge is -2.22. The second-order valence-corrected chi connectivity index (χ2v) is 18.3. The third-order valence-corrected chi connectivity index (χ3v) is 11.4. The first-order chi connectivity index (χ1) is 26.6. The fraction of sp³-hybridized carbons (Fsp3) is 0.373. The van der Waals surface area contributed by atoms with Crippen LogP contribution in [0.3, 0.4) is 0 Å². The molecule has 0 saturated carbocycles. The maximum Gasteiger partial charge on any atom is 0.137 e. The van der Waals surface area contributed by atoms with Gasteiger partial charge in [-0.25, -0.2) is 9.67 Å². The van der Waals surface area contributed by atoms with Gasteiger partial charge in [0.15, 0.2) is 0 Å². The van der Waals surface area contributed by atoms with E-state index >= 15 is 0 Å². The van der Waals surface area contributed by atoms with E-state index in [2.05, 4.69) is 182 Å². The van der Waals surface area contributed by atoms with Gasteiger partial charge in [0.1, 0.15) is 17.3 Å². The molecule has 3 heterocycles. The summed E-state index contributed by atoms with van der Waals surface area (Å²) in [4.78, 5) is 4.97. The summed E-state index contributed by atoms with van der Waals surface area (Å²) in [6.07, 6.45) is 6.50. The van der Waals surface area contributed by atoms with Crippen LogP contribution in [0.1, 0.15) is 122 Å². The van der Waals surface area contributed by atoms with Crippen molar-refractivity contribution in [2.45, 2.75) is 119 Å². The van der Waals surface area contributed by atoms with Crippen LogP contribution in [0.4, 0.5) is 0 Å². The highest BCUT2D eigenvalue weighted by molar-refractivity contribution is 6.09. The van der Waals surface area contributed by atoms with Gasteiger partial charge < -0.3 is 4.74 Å². The smallest absolute Gasteiger partial charge is 0.137 e. The van der Waals surface area contributed by atoms with Crippen LogP contribution in [0.5, 0.6) is 11.5 Å². The van der Waals surface area contributed by atoms with Crippen molar-refractivity contribution in [3.05, 3.63) is 131 Å². The Morgan fingerprint density at radius 1 is 0.696 bits per heavy atom. The number of aromatic nitrogens is 4. The van der Waals surface area contributed by atoms with Gasteiger partial charge in [0.05, 0.1) is 28.1 Å². The normalized spacial score (nSPS) is 12.9. The van der Waals surface area contributed by atoms with E-state index < -0.39 is 0 Å². The van der Waals surface area contributed by atoms with Gasteiger partial charge in [-0.1, -0.05) is 118 Å². The van der Waals surface area contributed by atoms with Gasteiger partial charge in [-0.2, -0.15) is 5.10 Å². The van der Waals surface area contributed by atoms with E-state index in [0.717, 1.165) is 52.1 Å². The van der Waals surface area contributed by atoms with Crippen LogP contribution in [0.15, 0.2) is 103 Å². The zero-order chi connectivity index (χ0) is 39.9. The zero-order valence-electron chi connectivity index (χ0n) is 35.5. The number of aryl methyl sites for hydroxylation is 1. The summed E-state index contributed by atoms with van der Waals surface area (Å²) in [6.45, 7) is 24.9. The quantitative estimate of drug-likeness (QED) is 0.132. The van der Waals surface area contributed by atoms with E-state index in [0.29, 0.717) is 5.92 Å². The summed E-state index contributed by atoms with van der Waals surface area (Å²) in [6, 6.07) is 35.2. The molecule has 7 rings (SSSR count). The molecule has 1 unspecified atom stereocenters. The minimum atomic E-state index is -0.102. The summed E-state index contributed by atoms with van der Waals surface area (Å²) in [5.74, 6) is 3.71. The summed E-state index contributed by atoms with van der Waals surface area (Å²) in [7, 11) is 0. The largest absolute Gasteiger partial charge is 0.457 e. The second-order valence-electron chi connectivity index (χ2n) is 18.3. The molecule has 0 radical (unpaired) electrons. The molecule has 0 fully saturated rings. The van der Waals surface area contributed by atoms with Gasteiger partial charge >= 0.3 is 0 Å². The van der Waals surface area contributed by atoms with E-state index in [-0.39, 0.29) is 10.8 Å². The Morgan fingerprint density at radius 2 is 1.45 bits per heavy atom. The van der Waals surface area contributed by atoms with Gasteiger partial charge in [0.25, 0.3) is 0 Å². The molecule has 0 aliphatic rings. The Balaban J connectivity index is 1.35. The van der Waals surface area contributed by atoms with Crippen LogP contribution < -0.4 is 4.74 Å². The lowest BCUT2D eigenvalue weighted by molar-refractivity contribution is 0.478. The van der Waals surface area contributed by atoms with Gasteiger partial charge in [0, 0.05) is 34.7 Å². The number of nitrogens with zero attached hydrogens (tertiary/aromatic N) is 4. The molecule has 0 saturated heterocycles. The average Bonchev–Trinajstić information content (AvgIpc) is 3.67. The number of hydrogen-bond acceptors (Lipinski definition) is 3. The lowest BCUT2D eigenvalue weighted by Crippen LogP contribution is -2.13. The van der Waals surface area contributed by atoms with Crippen molar-refractivity contribution in [1.29, 1.82) is 0 Å². The summed E-state index contributed by atoms with van der Waals surface area (Å²) in [5, 5.41) is 7.57. The van der Waals surface area contributed by atoms with Crippen LogP contribution in [-0.2, 0) is 17.3 Å². The number of rotatable bonds is 11. The van der Waals surface area contributed by atoms with E-state index in [1.165, 1.54) is 63.5 Å². The standard InChI is InChI=1S/C51H60N4O/c1-12-45-49(36-19-14-13-15-20-36)35(5)53-55(45)40-28-39(51(9,10)11)29-42(31-40)56-41-22-23-43-44-27-37(34(4)18-16-17-33(2)3)21-24-46(44)54(47(43)32-41)48-30-38(25-26-52-48)50(6,7)8/h13-15,19-34H,12,16-18H2,1-11H3. The maximum atomic E-state index is 6.90. The highest BCUT2D eigenvalue weighted by Gasteiger charge is 2.23. The predicted molar refractivity (Wildman–Crippen MR) is 236 cm³/mol. The van der Waals surface area contributed by atoms with Crippen LogP contribution in [0, 0.1) is 12.8 Å². The molecule has 0 bridgehead atoms. The van der Waals surface area contributed by atoms with Crippen molar-refractivity contribution >= 4 is 21.8 Å². The molecule has 4 aromatic carbocycles. The van der Waals surface area contributed by atoms with Crippen molar-refractivity contribution in [2.75, 3.05) is 0 Å². The van der Waals surface area contributed by atoms with Crippen LogP contribution in [-0.4, -0.2) is 19.3 Å². The molecule has 1 atom stereocenters. The number of benzene rings is 4. The summed E-state index contributed by atoms with van der Waals surface area (Å²) < 4.78 is 11.3. The molecule has 3 aromatic heterocycles. The molecule has 290 valence electrons. The van der Waals surface area contributed by atoms with E-state index in [9.17, 15) is 0 Å². The first-order valence-corrected chi connectivity index (χ1v) is 20.6. The Kier molecular flexibility index (Phi) is 10.8. The van der Waals surface area contributed by atoms with Gasteiger partial charge in [-0.15, -0.1) is 0 Å². The fourth-order valence-corrected chi connectivity index (χ4v) is 8.07. The van der Waals surface area contributed by atoms with Crippen molar-refractivity contribution in [1.82, 2.24) is 19.3 Å². The molecular formula is C51H60N4O. The van der Waals surface area contributed by atoms with E-state index in [4.69, 9.17) is 14.8 Å². The van der Waals surface area contributed by atoms with Crippen molar-refractivity contribution in [3.8, 4) is 34.1 Å². The summed E-state index contributed by atoms with van der Waals surface area (Å²) in [5.41, 5.74) is 11.6. The van der Waals surface area contributed by atoms with Crippen molar-refractivity contribution < 1.29 is 4.74 Å². The average molecular weight is 745 g/mol. The molecule has 0 aliphatic heterocycles. The molecule has 0 aliphatic carbocycles. The molecule has 0 amide bonds. The van der Waals surface area contributed by atoms with Crippen molar-refractivity contribution in [2.24, 2.45) is 5.92 Å². The highest BCUT2D eigenvalue weighted by atomic mass is 16.5. The number of pyridine rings is 1. The third-order valence-electron chi connectivity index (χ3n) is 11.4. The number of ether oxygens (including phenoxy) is 1. The van der Waals surface area contributed by atoms with E-state index in [1.54, 1.807) is 0 Å². The number of fused-ring (bicyclic) bond motifs is 3. The fourth-order valence-electron chi connectivity index (χ4n) is 8.07. The monoisotopic (exact) mass is 744 g/mol. The van der Waals surface area contributed by atoms with Crippen LogP contribution >= 0.6 is 0 Å². The molecule has 56 heavy (non-hydrogen) atoms. The molecule has 0 spiro atoms. The van der Waals surface area contributed by atoms with E-state index in [1.807, 2.05) is 6.20 Å². The molecule has 0 N–H and O–H groups in total. The molecule has 5 nitrogen and oxygen atoms in total. The first-order valence-electron chi connectivity index (χ1n) is 20.6. The predicted octanol–water partition coefficient (Wildman–Crippen LogP) is 14.2. The van der Waals surface area contributed by atoms with Gasteiger partial charge in [-0.3, -0.25) is 4.57 Å². The zero-order valence-corrected chi connectivity index (χ0v) is 35.5. The Bertz CT molecular complexity index is 2490. The first kappa shape index (κ1) is 39.1. The molecule has 5 heteroatoms. The SMILES string of the molecule is CCc1c(-c2ccccc2)c(C)nn1-c1cc(Oc2ccc3c4cc(C(C)CCCC(C)C)ccc4n(-c4cc(C(C)(C)C)ccn4)c3c2)cc(C(C)(C)C)c1. The number of hydrogen-bond donors (Lipinski definition) is 0. The maximum absolute atomic E-state index is 6.90. The third kappa shape index (κ3) is 7.91. The Morgan fingerprint density at radius 3 is 2.14 bits per heavy atom. The van der Waals surface area contributed by atoms with Gasteiger partial charge in [-0.05, 0) is 113 Å². The topological polar surface area (TPSA) is 44.9 Å². The minimum absolute atomic E-state index is 0.00823. The summed E-state index contributed by atoms with van der Waals surface area (Å²) >= 11 is 0. The molecule has 7 aromatic rings. The second kappa shape index (κ2) is 15.4. The van der Waals surface area contributed by atoms with Crippen molar-refractivity contribution in [3.63, 3.8) is 0 Å². The Labute approximate surface area is 334 Å². The van der Waals surface area contributed by atoms with Crippen LogP contribution in [0.25, 0.3) is 44.4 Å². The Hall–Kier alpha value is -5.16. The van der Waals surface area contributed by atoms with Crippen LogP contribution in [0.2, 0.25) is 0 Å². The lowest BCUT2D eigenvalue weighted by atomic mass is 9.86. The molecular weight excluding hydrogens is 685 g/mol. The van der Waals surface area contributed by atoms with Gasteiger partial charge in [0.2, 0.25) is 0 Å².